The van der Waals surface area contributed by atoms with E-state index in [0.717, 1.165) is 44.7 Å². The normalized spacial score (nSPS) is 17.5. The SMILES string of the molecule is CCOCC1CCCN(C(=O)Cc2nc(-c3ccc(Cl)cc3)oc2C)C1. The Kier molecular flexibility index (Phi) is 6.33. The second-order valence-electron chi connectivity index (χ2n) is 6.71. The van der Waals surface area contributed by atoms with Crippen LogP contribution < -0.4 is 0 Å². The second kappa shape index (κ2) is 8.69. The molecule has 6 heteroatoms. The number of likely N-dealkylation sites (tertiary alicyclic amines) is 1. The summed E-state index contributed by atoms with van der Waals surface area (Å²) in [6.07, 6.45) is 2.41. The van der Waals surface area contributed by atoms with E-state index in [4.69, 9.17) is 20.8 Å². The number of aromatic nitrogens is 1. The van der Waals surface area contributed by atoms with E-state index in [0.29, 0.717) is 28.3 Å². The molecule has 0 bridgehead atoms. The molecule has 26 heavy (non-hydrogen) atoms. The van der Waals surface area contributed by atoms with E-state index in [9.17, 15) is 4.79 Å². The maximum Gasteiger partial charge on any atom is 0.228 e. The van der Waals surface area contributed by atoms with Crippen molar-refractivity contribution in [3.63, 3.8) is 0 Å². The maximum atomic E-state index is 12.7. The van der Waals surface area contributed by atoms with Gasteiger partial charge >= 0.3 is 0 Å². The summed E-state index contributed by atoms with van der Waals surface area (Å²) < 4.78 is 11.3. The van der Waals surface area contributed by atoms with E-state index >= 15 is 0 Å². The number of aryl methyl sites for hydroxylation is 1. The Bertz CT molecular complexity index is 742. The fraction of sp³-hybridized carbons (Fsp3) is 0.500. The van der Waals surface area contributed by atoms with E-state index < -0.39 is 0 Å². The minimum Gasteiger partial charge on any atom is -0.441 e. The number of hydrogen-bond acceptors (Lipinski definition) is 4. The van der Waals surface area contributed by atoms with Gasteiger partial charge in [0.25, 0.3) is 0 Å². The lowest BCUT2D eigenvalue weighted by molar-refractivity contribution is -0.132. The summed E-state index contributed by atoms with van der Waals surface area (Å²) >= 11 is 5.92. The van der Waals surface area contributed by atoms with Gasteiger partial charge in [-0.05, 0) is 56.9 Å². The Morgan fingerprint density at radius 2 is 2.15 bits per heavy atom. The molecule has 2 heterocycles. The van der Waals surface area contributed by atoms with Gasteiger partial charge in [-0.3, -0.25) is 4.79 Å². The van der Waals surface area contributed by atoms with Gasteiger partial charge in [-0.2, -0.15) is 0 Å². The number of oxazole rings is 1. The number of halogens is 1. The van der Waals surface area contributed by atoms with Crippen LogP contribution in [0, 0.1) is 12.8 Å². The van der Waals surface area contributed by atoms with E-state index in [1.54, 1.807) is 12.1 Å². The highest BCUT2D eigenvalue weighted by Crippen LogP contribution is 2.24. The highest BCUT2D eigenvalue weighted by Gasteiger charge is 2.25. The molecule has 0 N–H and O–H groups in total. The highest BCUT2D eigenvalue weighted by molar-refractivity contribution is 6.30. The summed E-state index contributed by atoms with van der Waals surface area (Å²) in [5, 5.41) is 0.666. The van der Waals surface area contributed by atoms with Gasteiger partial charge in [0.15, 0.2) is 0 Å². The van der Waals surface area contributed by atoms with Crippen LogP contribution >= 0.6 is 11.6 Å². The van der Waals surface area contributed by atoms with Crippen molar-refractivity contribution >= 4 is 17.5 Å². The molecule has 1 amide bonds. The lowest BCUT2D eigenvalue weighted by atomic mass is 9.98. The van der Waals surface area contributed by atoms with Crippen LogP contribution in [-0.2, 0) is 16.0 Å². The van der Waals surface area contributed by atoms with Crippen LogP contribution in [0.5, 0.6) is 0 Å². The molecule has 0 radical (unpaired) electrons. The zero-order chi connectivity index (χ0) is 18.5. The number of nitrogens with zero attached hydrogens (tertiary/aromatic N) is 2. The quantitative estimate of drug-likeness (QED) is 0.760. The number of carbonyl (C=O) groups excluding carboxylic acids is 1. The molecule has 0 spiro atoms. The van der Waals surface area contributed by atoms with Crippen LogP contribution in [0.3, 0.4) is 0 Å². The fourth-order valence-corrected chi connectivity index (χ4v) is 3.40. The molecule has 5 nitrogen and oxygen atoms in total. The van der Waals surface area contributed by atoms with Crippen LogP contribution in [0.2, 0.25) is 5.02 Å². The van der Waals surface area contributed by atoms with Crippen LogP contribution in [-0.4, -0.2) is 42.1 Å². The monoisotopic (exact) mass is 376 g/mol. The van der Waals surface area contributed by atoms with Crippen LogP contribution in [0.25, 0.3) is 11.5 Å². The summed E-state index contributed by atoms with van der Waals surface area (Å²) in [5.41, 5.74) is 1.55. The van der Waals surface area contributed by atoms with Crippen molar-refractivity contribution in [1.29, 1.82) is 0 Å². The van der Waals surface area contributed by atoms with Crippen molar-refractivity contribution in [2.75, 3.05) is 26.3 Å². The number of amides is 1. The average molecular weight is 377 g/mol. The van der Waals surface area contributed by atoms with Crippen molar-refractivity contribution in [3.05, 3.63) is 40.7 Å². The van der Waals surface area contributed by atoms with Crippen molar-refractivity contribution in [2.45, 2.75) is 33.1 Å². The summed E-state index contributed by atoms with van der Waals surface area (Å²) in [6.45, 7) is 6.86. The average Bonchev–Trinajstić information content (AvgIpc) is 3.01. The number of hydrogen-bond donors (Lipinski definition) is 0. The highest BCUT2D eigenvalue weighted by atomic mass is 35.5. The summed E-state index contributed by atoms with van der Waals surface area (Å²) in [6, 6.07) is 7.32. The molecule has 1 unspecified atom stereocenters. The third kappa shape index (κ3) is 4.65. The lowest BCUT2D eigenvalue weighted by Gasteiger charge is -2.32. The van der Waals surface area contributed by atoms with Crippen LogP contribution in [0.1, 0.15) is 31.2 Å². The van der Waals surface area contributed by atoms with E-state index in [1.807, 2.05) is 30.9 Å². The molecule has 1 aromatic heterocycles. The predicted octanol–water partition coefficient (Wildman–Crippen LogP) is 4.12. The van der Waals surface area contributed by atoms with Gasteiger partial charge in [0.1, 0.15) is 5.76 Å². The lowest BCUT2D eigenvalue weighted by Crippen LogP contribution is -2.42. The third-order valence-electron chi connectivity index (χ3n) is 4.73. The van der Waals surface area contributed by atoms with Gasteiger partial charge in [0.2, 0.25) is 11.8 Å². The molecule has 3 rings (SSSR count). The molecule has 1 atom stereocenters. The van der Waals surface area contributed by atoms with Crippen LogP contribution in [0.15, 0.2) is 28.7 Å². The van der Waals surface area contributed by atoms with Gasteiger partial charge in [-0.15, -0.1) is 0 Å². The van der Waals surface area contributed by atoms with Gasteiger partial charge in [-0.1, -0.05) is 11.6 Å². The fourth-order valence-electron chi connectivity index (χ4n) is 3.28. The number of rotatable bonds is 6. The number of ether oxygens (including phenoxy) is 1. The molecular weight excluding hydrogens is 352 g/mol. The molecule has 1 saturated heterocycles. The molecule has 1 aromatic carbocycles. The molecular formula is C20H25ClN2O3. The minimum atomic E-state index is 0.102. The Morgan fingerprint density at radius 3 is 2.88 bits per heavy atom. The predicted molar refractivity (Wildman–Crippen MR) is 101 cm³/mol. The van der Waals surface area contributed by atoms with E-state index in [-0.39, 0.29) is 12.3 Å². The molecule has 1 fully saturated rings. The van der Waals surface area contributed by atoms with Crippen molar-refractivity contribution < 1.29 is 13.9 Å². The molecule has 0 aliphatic carbocycles. The maximum absolute atomic E-state index is 12.7. The second-order valence-corrected chi connectivity index (χ2v) is 7.15. The minimum absolute atomic E-state index is 0.102. The first-order valence-corrected chi connectivity index (χ1v) is 9.52. The Balaban J connectivity index is 1.65. The first-order chi connectivity index (χ1) is 12.6. The van der Waals surface area contributed by atoms with Crippen molar-refractivity contribution in [3.8, 4) is 11.5 Å². The molecule has 140 valence electrons. The summed E-state index contributed by atoms with van der Waals surface area (Å²) in [5.74, 6) is 1.74. The van der Waals surface area contributed by atoms with Gasteiger partial charge in [-0.25, -0.2) is 4.98 Å². The molecule has 1 aliphatic heterocycles. The zero-order valence-corrected chi connectivity index (χ0v) is 16.1. The standard InChI is InChI=1S/C20H25ClN2O3/c1-3-25-13-15-5-4-10-23(12-15)19(24)11-18-14(2)26-20(22-18)16-6-8-17(21)9-7-16/h6-9,15H,3-5,10-13H2,1-2H3. The van der Waals surface area contributed by atoms with E-state index in [1.165, 1.54) is 0 Å². The molecule has 1 aliphatic rings. The van der Waals surface area contributed by atoms with Gasteiger partial charge in [0, 0.05) is 30.3 Å². The first-order valence-electron chi connectivity index (χ1n) is 9.14. The Hall–Kier alpha value is -1.85. The topological polar surface area (TPSA) is 55.6 Å². The molecule has 2 aromatic rings. The van der Waals surface area contributed by atoms with Crippen molar-refractivity contribution in [2.24, 2.45) is 5.92 Å². The smallest absolute Gasteiger partial charge is 0.228 e. The first kappa shape index (κ1) is 18.9. The van der Waals surface area contributed by atoms with Crippen molar-refractivity contribution in [1.82, 2.24) is 9.88 Å². The van der Waals surface area contributed by atoms with E-state index in [2.05, 4.69) is 4.98 Å². The summed E-state index contributed by atoms with van der Waals surface area (Å²) in [4.78, 5) is 19.2. The molecule has 0 saturated carbocycles. The largest absolute Gasteiger partial charge is 0.441 e. The van der Waals surface area contributed by atoms with Crippen LogP contribution in [0.4, 0.5) is 0 Å². The number of carbonyl (C=O) groups is 1. The van der Waals surface area contributed by atoms with Gasteiger partial charge in [0.05, 0.1) is 18.7 Å². The Labute approximate surface area is 159 Å². The summed E-state index contributed by atoms with van der Waals surface area (Å²) in [7, 11) is 0. The number of piperidine rings is 1. The Morgan fingerprint density at radius 1 is 1.38 bits per heavy atom. The number of benzene rings is 1. The zero-order valence-electron chi connectivity index (χ0n) is 15.3. The third-order valence-corrected chi connectivity index (χ3v) is 4.98. The van der Waals surface area contributed by atoms with Gasteiger partial charge < -0.3 is 14.1 Å².